The van der Waals surface area contributed by atoms with E-state index in [0.29, 0.717) is 36.5 Å². The summed E-state index contributed by atoms with van der Waals surface area (Å²) < 4.78 is 1.51. The third-order valence-corrected chi connectivity index (χ3v) is 5.95. The maximum Gasteiger partial charge on any atom is 0.251 e. The van der Waals surface area contributed by atoms with Crippen molar-refractivity contribution in [1.29, 1.82) is 5.26 Å². The molecule has 8 nitrogen and oxygen atoms in total. The summed E-state index contributed by atoms with van der Waals surface area (Å²) in [7, 11) is 0. The summed E-state index contributed by atoms with van der Waals surface area (Å²) in [5.41, 5.74) is 12.1. The van der Waals surface area contributed by atoms with Gasteiger partial charge in [-0.05, 0) is 60.4 Å². The van der Waals surface area contributed by atoms with Gasteiger partial charge in [-0.2, -0.15) is 5.26 Å². The molecule has 0 saturated heterocycles. The number of carbonyl (C=O) groups is 1. The van der Waals surface area contributed by atoms with Crippen molar-refractivity contribution in [3.05, 3.63) is 122 Å². The Morgan fingerprint density at radius 1 is 1.08 bits per heavy atom. The van der Waals surface area contributed by atoms with E-state index < -0.39 is 0 Å². The maximum atomic E-state index is 12.8. The molecule has 4 aromatic rings. The second kappa shape index (κ2) is 10.7. The van der Waals surface area contributed by atoms with Crippen LogP contribution in [0.25, 0.3) is 0 Å². The van der Waals surface area contributed by atoms with Gasteiger partial charge >= 0.3 is 0 Å². The van der Waals surface area contributed by atoms with Crippen LogP contribution in [0.4, 0.5) is 5.82 Å². The summed E-state index contributed by atoms with van der Waals surface area (Å²) in [6.07, 6.45) is 3.75. The highest BCUT2D eigenvalue weighted by molar-refractivity contribution is 5.94. The molecule has 8 heteroatoms. The van der Waals surface area contributed by atoms with E-state index in [1.54, 1.807) is 30.6 Å². The van der Waals surface area contributed by atoms with Crippen LogP contribution >= 0.6 is 0 Å². The summed E-state index contributed by atoms with van der Waals surface area (Å²) in [6.45, 7) is 4.57. The fourth-order valence-corrected chi connectivity index (χ4v) is 4.03. The second-order valence-electron chi connectivity index (χ2n) is 8.64. The Morgan fingerprint density at radius 3 is 2.56 bits per heavy atom. The van der Waals surface area contributed by atoms with E-state index >= 15 is 0 Å². The van der Waals surface area contributed by atoms with Crippen LogP contribution < -0.4 is 16.6 Å². The molecule has 0 bridgehead atoms. The molecule has 0 aliphatic heterocycles. The highest BCUT2D eigenvalue weighted by atomic mass is 16.1. The molecule has 0 fully saturated rings. The number of nitrogen functional groups attached to an aromatic ring is 1. The van der Waals surface area contributed by atoms with E-state index in [9.17, 15) is 9.59 Å². The fraction of sp³-hybridized carbons (Fsp3) is 0.179. The number of anilines is 1. The van der Waals surface area contributed by atoms with Gasteiger partial charge in [0.1, 0.15) is 11.9 Å². The number of hydrogen-bond donors (Lipinski definition) is 2. The minimum atomic E-state index is -0.185. The second-order valence-corrected chi connectivity index (χ2v) is 8.64. The average Bonchev–Trinajstić information content (AvgIpc) is 2.86. The van der Waals surface area contributed by atoms with Crippen LogP contribution in [0.15, 0.2) is 71.8 Å². The molecule has 0 radical (unpaired) electrons. The first-order chi connectivity index (χ1) is 17.3. The molecule has 0 aliphatic rings. The molecule has 1 amide bonds. The zero-order chi connectivity index (χ0) is 25.7. The van der Waals surface area contributed by atoms with Crippen molar-refractivity contribution in [2.24, 2.45) is 0 Å². The largest absolute Gasteiger partial charge is 0.384 e. The normalized spacial score (nSPS) is 10.6. The summed E-state index contributed by atoms with van der Waals surface area (Å²) in [4.78, 5) is 33.5. The lowest BCUT2D eigenvalue weighted by Crippen LogP contribution is -2.24. The van der Waals surface area contributed by atoms with Crippen molar-refractivity contribution < 1.29 is 4.79 Å². The number of aryl methyl sites for hydroxylation is 2. The van der Waals surface area contributed by atoms with Gasteiger partial charge < -0.3 is 15.6 Å². The number of pyridine rings is 3. The van der Waals surface area contributed by atoms with E-state index in [-0.39, 0.29) is 11.5 Å². The molecule has 0 unspecified atom stereocenters. The van der Waals surface area contributed by atoms with Crippen LogP contribution in [0, 0.1) is 25.2 Å². The monoisotopic (exact) mass is 478 g/mol. The first kappa shape index (κ1) is 24.4. The maximum absolute atomic E-state index is 12.8. The number of nitriles is 1. The SMILES string of the molecule is Cc1cc(N)nc(C)c1CNC(=O)c1ccnc(Cc2ccc(Cn3cc(C#N)ccc3=O)cc2)c1. The van der Waals surface area contributed by atoms with Crippen molar-refractivity contribution >= 4 is 11.7 Å². The topological polar surface area (TPSA) is 127 Å². The van der Waals surface area contributed by atoms with Crippen molar-refractivity contribution in [3.8, 4) is 6.07 Å². The lowest BCUT2D eigenvalue weighted by Gasteiger charge is -2.12. The van der Waals surface area contributed by atoms with Gasteiger partial charge in [-0.25, -0.2) is 4.98 Å². The quantitative estimate of drug-likeness (QED) is 0.420. The van der Waals surface area contributed by atoms with E-state index in [4.69, 9.17) is 11.0 Å². The van der Waals surface area contributed by atoms with Crippen molar-refractivity contribution in [3.63, 3.8) is 0 Å². The molecular weight excluding hydrogens is 452 g/mol. The highest BCUT2D eigenvalue weighted by Gasteiger charge is 2.11. The lowest BCUT2D eigenvalue weighted by atomic mass is 10.1. The lowest BCUT2D eigenvalue weighted by molar-refractivity contribution is 0.0950. The molecule has 36 heavy (non-hydrogen) atoms. The Labute approximate surface area is 209 Å². The van der Waals surface area contributed by atoms with E-state index in [2.05, 4.69) is 15.3 Å². The van der Waals surface area contributed by atoms with E-state index in [0.717, 1.165) is 33.6 Å². The van der Waals surface area contributed by atoms with Crippen LogP contribution in [0.1, 0.15) is 49.6 Å². The Morgan fingerprint density at radius 2 is 1.83 bits per heavy atom. The predicted molar refractivity (Wildman–Crippen MR) is 137 cm³/mol. The van der Waals surface area contributed by atoms with Crippen LogP contribution in [0.5, 0.6) is 0 Å². The minimum absolute atomic E-state index is 0.157. The molecule has 0 spiro atoms. The third kappa shape index (κ3) is 5.83. The molecule has 180 valence electrons. The number of nitrogens with two attached hydrogens (primary N) is 1. The molecule has 1 aromatic carbocycles. The van der Waals surface area contributed by atoms with Gasteiger partial charge in [0.15, 0.2) is 0 Å². The predicted octanol–water partition coefficient (Wildman–Crippen LogP) is 3.28. The number of carbonyl (C=O) groups excluding carboxylic acids is 1. The van der Waals surface area contributed by atoms with Crippen molar-refractivity contribution in [2.75, 3.05) is 5.73 Å². The number of amides is 1. The van der Waals surface area contributed by atoms with Gasteiger partial charge in [0.05, 0.1) is 12.1 Å². The number of benzene rings is 1. The number of hydrogen-bond acceptors (Lipinski definition) is 6. The number of aromatic nitrogens is 3. The molecular formula is C28H26N6O2. The highest BCUT2D eigenvalue weighted by Crippen LogP contribution is 2.15. The molecule has 3 N–H and O–H groups in total. The van der Waals surface area contributed by atoms with Gasteiger partial charge in [0, 0.05) is 48.4 Å². The first-order valence-corrected chi connectivity index (χ1v) is 11.5. The molecule has 0 saturated carbocycles. The van der Waals surface area contributed by atoms with Gasteiger partial charge in [-0.1, -0.05) is 24.3 Å². The standard InChI is InChI=1S/C28H26N6O2/c1-18-11-26(30)33-19(2)25(18)15-32-28(36)23-9-10-31-24(13-23)12-20-3-5-21(6-4-20)16-34-17-22(14-29)7-8-27(34)35/h3-11,13,17H,12,15-16H2,1-2H3,(H2,30,33)(H,32,36). The molecule has 0 aliphatic carbocycles. The van der Waals surface area contributed by atoms with E-state index in [1.807, 2.05) is 44.2 Å². The van der Waals surface area contributed by atoms with Gasteiger partial charge in [-0.15, -0.1) is 0 Å². The number of rotatable bonds is 7. The van der Waals surface area contributed by atoms with Gasteiger partial charge in [-0.3, -0.25) is 14.6 Å². The first-order valence-electron chi connectivity index (χ1n) is 11.5. The van der Waals surface area contributed by atoms with Gasteiger partial charge in [0.2, 0.25) is 0 Å². The van der Waals surface area contributed by atoms with Crippen LogP contribution in [0.2, 0.25) is 0 Å². The number of nitrogens with one attached hydrogen (secondary N) is 1. The Balaban J connectivity index is 1.41. The molecule has 3 heterocycles. The fourth-order valence-electron chi connectivity index (χ4n) is 4.03. The summed E-state index contributed by atoms with van der Waals surface area (Å²) >= 11 is 0. The van der Waals surface area contributed by atoms with Gasteiger partial charge in [0.25, 0.3) is 11.5 Å². The zero-order valence-electron chi connectivity index (χ0n) is 20.2. The molecule has 4 rings (SSSR count). The molecule has 0 atom stereocenters. The Hall–Kier alpha value is -4.77. The summed E-state index contributed by atoms with van der Waals surface area (Å²) in [5.74, 6) is 0.281. The average molecular weight is 479 g/mol. The third-order valence-electron chi connectivity index (χ3n) is 5.95. The van der Waals surface area contributed by atoms with Crippen LogP contribution in [-0.4, -0.2) is 20.4 Å². The number of nitrogens with zero attached hydrogens (tertiary/aromatic N) is 4. The van der Waals surface area contributed by atoms with Crippen molar-refractivity contribution in [2.45, 2.75) is 33.4 Å². The smallest absolute Gasteiger partial charge is 0.251 e. The summed E-state index contributed by atoms with van der Waals surface area (Å²) in [6, 6.07) is 18.1. The Kier molecular flexibility index (Phi) is 7.21. The zero-order valence-corrected chi connectivity index (χ0v) is 20.2. The van der Waals surface area contributed by atoms with Crippen molar-refractivity contribution in [1.82, 2.24) is 19.9 Å². The minimum Gasteiger partial charge on any atom is -0.384 e. The summed E-state index contributed by atoms with van der Waals surface area (Å²) in [5, 5.41) is 12.0. The Bertz CT molecular complexity index is 1490. The van der Waals surface area contributed by atoms with E-state index in [1.165, 1.54) is 16.7 Å². The molecule has 3 aromatic heterocycles. The van der Waals surface area contributed by atoms with Crippen LogP contribution in [-0.2, 0) is 19.5 Å². The van der Waals surface area contributed by atoms with Crippen LogP contribution in [0.3, 0.4) is 0 Å².